The predicted octanol–water partition coefficient (Wildman–Crippen LogP) is 0.875. The molecule has 0 aromatic carbocycles. The van der Waals surface area contributed by atoms with Crippen LogP contribution in [0, 0.1) is 0 Å². The highest BCUT2D eigenvalue weighted by Gasteiger charge is 1.86. The SMILES string of the molecule is CCOc1cncnc1. The maximum absolute atomic E-state index is 5.08. The molecule has 1 heterocycles. The summed E-state index contributed by atoms with van der Waals surface area (Å²) in [5.41, 5.74) is 0. The second-order valence-corrected chi connectivity index (χ2v) is 1.51. The zero-order valence-corrected chi connectivity index (χ0v) is 5.24. The van der Waals surface area contributed by atoms with Crippen LogP contribution in [0.15, 0.2) is 18.7 Å². The molecule has 3 heteroatoms. The zero-order valence-electron chi connectivity index (χ0n) is 5.24. The third kappa shape index (κ3) is 1.68. The molecule has 0 spiro atoms. The molecule has 48 valence electrons. The van der Waals surface area contributed by atoms with Crippen molar-refractivity contribution in [2.45, 2.75) is 6.92 Å². The summed E-state index contributed by atoms with van der Waals surface area (Å²) >= 11 is 0. The molecule has 0 fully saturated rings. The van der Waals surface area contributed by atoms with Crippen molar-refractivity contribution in [2.24, 2.45) is 0 Å². The van der Waals surface area contributed by atoms with Gasteiger partial charge in [0.15, 0.2) is 5.75 Å². The van der Waals surface area contributed by atoms with E-state index in [1.54, 1.807) is 12.4 Å². The maximum atomic E-state index is 5.08. The molecule has 0 radical (unpaired) electrons. The van der Waals surface area contributed by atoms with E-state index in [9.17, 15) is 0 Å². The topological polar surface area (TPSA) is 35.0 Å². The van der Waals surface area contributed by atoms with Gasteiger partial charge in [0.1, 0.15) is 6.33 Å². The lowest BCUT2D eigenvalue weighted by Crippen LogP contribution is -1.91. The summed E-state index contributed by atoms with van der Waals surface area (Å²) in [7, 11) is 0. The van der Waals surface area contributed by atoms with Gasteiger partial charge in [-0.2, -0.15) is 0 Å². The van der Waals surface area contributed by atoms with Crippen LogP contribution in [0.2, 0.25) is 0 Å². The first kappa shape index (κ1) is 6.01. The van der Waals surface area contributed by atoms with Gasteiger partial charge in [-0.25, -0.2) is 9.97 Å². The lowest BCUT2D eigenvalue weighted by atomic mass is 10.6. The fraction of sp³-hybridized carbons (Fsp3) is 0.333. The van der Waals surface area contributed by atoms with Crippen LogP contribution in [0.5, 0.6) is 5.75 Å². The minimum atomic E-state index is 0.660. The van der Waals surface area contributed by atoms with Crippen molar-refractivity contribution in [1.82, 2.24) is 9.97 Å². The lowest BCUT2D eigenvalue weighted by molar-refractivity contribution is 0.337. The molecule has 1 aromatic rings. The Bertz CT molecular complexity index is 164. The number of hydrogen-bond donors (Lipinski definition) is 0. The summed E-state index contributed by atoms with van der Waals surface area (Å²) in [5, 5.41) is 0. The largest absolute Gasteiger partial charge is 0.491 e. The van der Waals surface area contributed by atoms with Gasteiger partial charge < -0.3 is 4.74 Å². The predicted molar refractivity (Wildman–Crippen MR) is 33.2 cm³/mol. The normalized spacial score (nSPS) is 9.00. The van der Waals surface area contributed by atoms with Crippen LogP contribution in [0.25, 0.3) is 0 Å². The van der Waals surface area contributed by atoms with Crippen LogP contribution in [0.3, 0.4) is 0 Å². The smallest absolute Gasteiger partial charge is 0.155 e. The van der Waals surface area contributed by atoms with E-state index in [-0.39, 0.29) is 0 Å². The molecule has 0 saturated carbocycles. The van der Waals surface area contributed by atoms with Gasteiger partial charge in [0.2, 0.25) is 0 Å². The fourth-order valence-electron chi connectivity index (χ4n) is 0.527. The Morgan fingerprint density at radius 3 is 2.67 bits per heavy atom. The Morgan fingerprint density at radius 2 is 2.11 bits per heavy atom. The first-order valence-electron chi connectivity index (χ1n) is 2.81. The molecular weight excluding hydrogens is 116 g/mol. The van der Waals surface area contributed by atoms with Crippen molar-refractivity contribution in [1.29, 1.82) is 0 Å². The maximum Gasteiger partial charge on any atom is 0.155 e. The van der Waals surface area contributed by atoms with Crippen molar-refractivity contribution >= 4 is 0 Å². The van der Waals surface area contributed by atoms with Gasteiger partial charge in [0, 0.05) is 0 Å². The highest BCUT2D eigenvalue weighted by molar-refractivity contribution is 5.09. The molecular formula is C6H8N2O. The van der Waals surface area contributed by atoms with Crippen LogP contribution in [-0.2, 0) is 0 Å². The molecule has 0 aliphatic rings. The minimum absolute atomic E-state index is 0.660. The Hall–Kier alpha value is -1.12. The number of hydrogen-bond acceptors (Lipinski definition) is 3. The van der Waals surface area contributed by atoms with Crippen molar-refractivity contribution < 1.29 is 4.74 Å². The van der Waals surface area contributed by atoms with Gasteiger partial charge in [0.05, 0.1) is 19.0 Å². The highest BCUT2D eigenvalue weighted by atomic mass is 16.5. The molecule has 0 saturated heterocycles. The summed E-state index contributed by atoms with van der Waals surface area (Å²) in [5.74, 6) is 0.722. The minimum Gasteiger partial charge on any atom is -0.491 e. The summed E-state index contributed by atoms with van der Waals surface area (Å²) in [6.07, 6.45) is 4.75. The highest BCUT2D eigenvalue weighted by Crippen LogP contribution is 2.02. The third-order valence-corrected chi connectivity index (χ3v) is 0.848. The van der Waals surface area contributed by atoms with E-state index in [1.807, 2.05) is 6.92 Å². The van der Waals surface area contributed by atoms with Gasteiger partial charge in [-0.05, 0) is 6.92 Å². The Labute approximate surface area is 53.7 Å². The van der Waals surface area contributed by atoms with E-state index in [0.29, 0.717) is 6.61 Å². The molecule has 0 unspecified atom stereocenters. The van der Waals surface area contributed by atoms with Crippen molar-refractivity contribution in [3.05, 3.63) is 18.7 Å². The van der Waals surface area contributed by atoms with E-state index >= 15 is 0 Å². The average Bonchev–Trinajstić information content (AvgIpc) is 1.91. The first-order valence-corrected chi connectivity index (χ1v) is 2.81. The summed E-state index contributed by atoms with van der Waals surface area (Å²) in [6, 6.07) is 0. The van der Waals surface area contributed by atoms with Gasteiger partial charge in [-0.3, -0.25) is 0 Å². The number of nitrogens with zero attached hydrogens (tertiary/aromatic N) is 2. The van der Waals surface area contributed by atoms with Crippen LogP contribution < -0.4 is 4.74 Å². The van der Waals surface area contributed by atoms with Crippen molar-refractivity contribution in [2.75, 3.05) is 6.61 Å². The Balaban J connectivity index is 2.61. The molecule has 1 aromatic heterocycles. The van der Waals surface area contributed by atoms with Crippen molar-refractivity contribution in [3.63, 3.8) is 0 Å². The van der Waals surface area contributed by atoms with E-state index in [0.717, 1.165) is 5.75 Å². The van der Waals surface area contributed by atoms with Gasteiger partial charge in [-0.1, -0.05) is 0 Å². The van der Waals surface area contributed by atoms with Crippen LogP contribution in [0.4, 0.5) is 0 Å². The number of ether oxygens (including phenoxy) is 1. The van der Waals surface area contributed by atoms with E-state index in [2.05, 4.69) is 9.97 Å². The van der Waals surface area contributed by atoms with Gasteiger partial charge in [-0.15, -0.1) is 0 Å². The van der Waals surface area contributed by atoms with E-state index < -0.39 is 0 Å². The molecule has 0 aliphatic carbocycles. The monoisotopic (exact) mass is 124 g/mol. The Morgan fingerprint density at radius 1 is 1.44 bits per heavy atom. The third-order valence-electron chi connectivity index (χ3n) is 0.848. The quantitative estimate of drug-likeness (QED) is 0.587. The number of rotatable bonds is 2. The van der Waals surface area contributed by atoms with Gasteiger partial charge >= 0.3 is 0 Å². The second kappa shape index (κ2) is 3.02. The zero-order chi connectivity index (χ0) is 6.53. The van der Waals surface area contributed by atoms with Crippen LogP contribution in [0.1, 0.15) is 6.92 Å². The standard InChI is InChI=1S/C6H8N2O/c1-2-9-6-3-7-5-8-4-6/h3-5H,2H2,1H3. The van der Waals surface area contributed by atoms with Crippen molar-refractivity contribution in [3.8, 4) is 5.75 Å². The summed E-state index contributed by atoms with van der Waals surface area (Å²) in [6.45, 7) is 2.58. The summed E-state index contributed by atoms with van der Waals surface area (Å²) < 4.78 is 5.08. The number of aromatic nitrogens is 2. The average molecular weight is 124 g/mol. The molecule has 3 nitrogen and oxygen atoms in total. The molecule has 0 N–H and O–H groups in total. The lowest BCUT2D eigenvalue weighted by Gasteiger charge is -1.97. The molecule has 0 bridgehead atoms. The van der Waals surface area contributed by atoms with Crippen LogP contribution >= 0.6 is 0 Å². The van der Waals surface area contributed by atoms with Gasteiger partial charge in [0.25, 0.3) is 0 Å². The van der Waals surface area contributed by atoms with Crippen LogP contribution in [-0.4, -0.2) is 16.6 Å². The van der Waals surface area contributed by atoms with E-state index in [1.165, 1.54) is 6.33 Å². The van der Waals surface area contributed by atoms with E-state index in [4.69, 9.17) is 4.74 Å². The molecule has 0 atom stereocenters. The fourth-order valence-corrected chi connectivity index (χ4v) is 0.527. The molecule has 9 heavy (non-hydrogen) atoms. The molecule has 0 amide bonds. The molecule has 0 aliphatic heterocycles. The first-order chi connectivity index (χ1) is 4.43. The Kier molecular flexibility index (Phi) is 2.01. The summed E-state index contributed by atoms with van der Waals surface area (Å²) in [4.78, 5) is 7.53. The second-order valence-electron chi connectivity index (χ2n) is 1.51. The molecule has 1 rings (SSSR count).